The Bertz CT molecular complexity index is 417. The van der Waals surface area contributed by atoms with Crippen molar-refractivity contribution >= 4 is 11.2 Å². The van der Waals surface area contributed by atoms with Crippen LogP contribution in [0.25, 0.3) is 0 Å². The predicted molar refractivity (Wildman–Crippen MR) is 66.2 cm³/mol. The van der Waals surface area contributed by atoms with Crippen molar-refractivity contribution in [1.82, 2.24) is 0 Å². The molecule has 0 unspecified atom stereocenters. The molecule has 0 saturated heterocycles. The molecule has 0 atom stereocenters. The van der Waals surface area contributed by atoms with Gasteiger partial charge in [-0.25, -0.2) is 0 Å². The third-order valence-electron chi connectivity index (χ3n) is 2.66. The van der Waals surface area contributed by atoms with Crippen LogP contribution in [-0.4, -0.2) is 36.6 Å². The largest absolute Gasteiger partial charge is 0.606 e. The van der Waals surface area contributed by atoms with Gasteiger partial charge in [-0.1, -0.05) is 0 Å². The number of aliphatic hydroxyl groups is 4. The van der Waals surface area contributed by atoms with E-state index >= 15 is 0 Å². The predicted octanol–water partition coefficient (Wildman–Crippen LogP) is -0.215. The summed E-state index contributed by atoms with van der Waals surface area (Å²) < 4.78 is 12.1. The smallest absolute Gasteiger partial charge is 0.186 e. The minimum Gasteiger partial charge on any atom is -0.606 e. The first-order valence-electron chi connectivity index (χ1n) is 5.39. The lowest BCUT2D eigenvalue weighted by atomic mass is 10.1. The van der Waals surface area contributed by atoms with Gasteiger partial charge < -0.3 is 25.0 Å². The third-order valence-corrected chi connectivity index (χ3v) is 4.13. The van der Waals surface area contributed by atoms with Gasteiger partial charge in [-0.05, 0) is 36.5 Å². The Balaban J connectivity index is 2.09. The molecular formula is C12H14O5S. The zero-order valence-electron chi connectivity index (χ0n) is 9.48. The van der Waals surface area contributed by atoms with Crippen molar-refractivity contribution < 1.29 is 25.0 Å². The summed E-state index contributed by atoms with van der Waals surface area (Å²) in [6.45, 7) is 0. The molecule has 0 aromatic rings. The van der Waals surface area contributed by atoms with Crippen LogP contribution in [0.1, 0.15) is 12.8 Å². The van der Waals surface area contributed by atoms with E-state index < -0.39 is 22.8 Å². The van der Waals surface area contributed by atoms with E-state index in [-0.39, 0.29) is 12.8 Å². The summed E-state index contributed by atoms with van der Waals surface area (Å²) in [7, 11) is 0. The van der Waals surface area contributed by atoms with Gasteiger partial charge in [0.2, 0.25) is 0 Å². The molecule has 0 heterocycles. The molecule has 0 saturated carbocycles. The normalized spacial score (nSPS) is 25.0. The van der Waals surface area contributed by atoms with E-state index in [2.05, 4.69) is 0 Å². The van der Waals surface area contributed by atoms with Crippen LogP contribution < -0.4 is 0 Å². The quantitative estimate of drug-likeness (QED) is 0.410. The van der Waals surface area contributed by atoms with Crippen molar-refractivity contribution in [3.63, 3.8) is 0 Å². The zero-order chi connectivity index (χ0) is 13.4. The molecule has 98 valence electrons. The summed E-state index contributed by atoms with van der Waals surface area (Å²) in [5, 5.41) is 37.1. The molecule has 2 rings (SSSR count). The van der Waals surface area contributed by atoms with E-state index in [0.717, 1.165) is 0 Å². The van der Waals surface area contributed by atoms with Crippen LogP contribution in [0.4, 0.5) is 0 Å². The Labute approximate surface area is 107 Å². The Morgan fingerprint density at radius 1 is 0.889 bits per heavy atom. The Morgan fingerprint density at radius 3 is 1.56 bits per heavy atom. The summed E-state index contributed by atoms with van der Waals surface area (Å²) in [6, 6.07) is 0. The molecule has 0 aromatic carbocycles. The number of allylic oxidation sites excluding steroid dienone is 2. The third kappa shape index (κ3) is 3.11. The SMILES string of the molecule is [O-][S+](C1=CCC(O)(O)C=C1)C1=CCC(O)(O)C=C1. The molecule has 6 heteroatoms. The minimum atomic E-state index is -1.88. The highest BCUT2D eigenvalue weighted by atomic mass is 32.2. The summed E-state index contributed by atoms with van der Waals surface area (Å²) in [4.78, 5) is 0.931. The van der Waals surface area contributed by atoms with Crippen molar-refractivity contribution in [2.75, 3.05) is 0 Å². The maximum Gasteiger partial charge on any atom is 0.186 e. The monoisotopic (exact) mass is 270 g/mol. The fourth-order valence-electron chi connectivity index (χ4n) is 1.62. The second kappa shape index (κ2) is 4.65. The molecule has 2 aliphatic rings. The lowest BCUT2D eigenvalue weighted by Gasteiger charge is -2.23. The van der Waals surface area contributed by atoms with Crippen LogP contribution in [0.2, 0.25) is 0 Å². The number of rotatable bonds is 2. The molecule has 0 amide bonds. The molecule has 0 fully saturated rings. The Morgan fingerprint density at radius 2 is 1.28 bits per heavy atom. The summed E-state index contributed by atoms with van der Waals surface area (Å²) in [5.41, 5.74) is 0. The molecule has 5 nitrogen and oxygen atoms in total. The van der Waals surface area contributed by atoms with Gasteiger partial charge >= 0.3 is 0 Å². The average molecular weight is 270 g/mol. The highest BCUT2D eigenvalue weighted by molar-refractivity contribution is 7.99. The lowest BCUT2D eigenvalue weighted by molar-refractivity contribution is -0.115. The van der Waals surface area contributed by atoms with E-state index in [1.807, 2.05) is 0 Å². The second-order valence-corrected chi connectivity index (χ2v) is 5.79. The van der Waals surface area contributed by atoms with Crippen LogP contribution >= 0.6 is 0 Å². The van der Waals surface area contributed by atoms with Gasteiger partial charge in [-0.2, -0.15) is 0 Å². The molecule has 18 heavy (non-hydrogen) atoms. The minimum absolute atomic E-state index is 0.0223. The van der Waals surface area contributed by atoms with Crippen molar-refractivity contribution in [3.8, 4) is 0 Å². The summed E-state index contributed by atoms with van der Waals surface area (Å²) >= 11 is -1.46. The molecule has 0 radical (unpaired) electrons. The molecular weight excluding hydrogens is 256 g/mol. The van der Waals surface area contributed by atoms with Crippen LogP contribution in [0.3, 0.4) is 0 Å². The standard InChI is InChI=1S/C12H14O5S/c13-11(14)5-1-9(2-6-11)18(17)10-3-7-12(15,16)8-4-10/h1-5,7,13-16H,6,8H2. The van der Waals surface area contributed by atoms with Gasteiger partial charge in [0, 0.05) is 24.0 Å². The molecule has 0 spiro atoms. The van der Waals surface area contributed by atoms with Gasteiger partial charge in [-0.3, -0.25) is 0 Å². The number of hydrogen-bond donors (Lipinski definition) is 4. The van der Waals surface area contributed by atoms with E-state index in [1.165, 1.54) is 36.5 Å². The fraction of sp³-hybridized carbons (Fsp3) is 0.333. The maximum atomic E-state index is 12.1. The van der Waals surface area contributed by atoms with Gasteiger partial charge in [0.15, 0.2) is 21.4 Å². The van der Waals surface area contributed by atoms with E-state index in [4.69, 9.17) is 0 Å². The molecule has 0 aromatic heterocycles. The van der Waals surface area contributed by atoms with E-state index in [1.54, 1.807) is 0 Å². The summed E-state index contributed by atoms with van der Waals surface area (Å²) in [6.07, 6.45) is 8.08. The first-order valence-corrected chi connectivity index (χ1v) is 6.54. The van der Waals surface area contributed by atoms with Gasteiger partial charge in [0.05, 0.1) is 0 Å². The maximum absolute atomic E-state index is 12.1. The van der Waals surface area contributed by atoms with Gasteiger partial charge in [0.25, 0.3) is 0 Å². The van der Waals surface area contributed by atoms with Crippen molar-refractivity contribution in [3.05, 3.63) is 46.3 Å². The van der Waals surface area contributed by atoms with Gasteiger partial charge in [-0.15, -0.1) is 0 Å². The van der Waals surface area contributed by atoms with Crippen molar-refractivity contribution in [2.24, 2.45) is 0 Å². The van der Waals surface area contributed by atoms with Crippen LogP contribution in [0.15, 0.2) is 46.3 Å². The Hall–Kier alpha value is -0.890. The van der Waals surface area contributed by atoms with Crippen LogP contribution in [0, 0.1) is 0 Å². The molecule has 0 bridgehead atoms. The number of hydrogen-bond acceptors (Lipinski definition) is 5. The van der Waals surface area contributed by atoms with Crippen molar-refractivity contribution in [2.45, 2.75) is 24.4 Å². The lowest BCUT2D eigenvalue weighted by Crippen LogP contribution is -2.28. The highest BCUT2D eigenvalue weighted by Gasteiger charge is 2.29. The first-order chi connectivity index (χ1) is 8.29. The zero-order valence-corrected chi connectivity index (χ0v) is 10.3. The highest BCUT2D eigenvalue weighted by Crippen LogP contribution is 2.29. The van der Waals surface area contributed by atoms with E-state index in [0.29, 0.717) is 9.81 Å². The van der Waals surface area contributed by atoms with Gasteiger partial charge in [0.1, 0.15) is 0 Å². The molecule has 0 aliphatic heterocycles. The molecule has 4 N–H and O–H groups in total. The topological polar surface area (TPSA) is 104 Å². The fourth-order valence-corrected chi connectivity index (χ4v) is 2.74. The second-order valence-electron chi connectivity index (χ2n) is 4.31. The first kappa shape index (κ1) is 13.5. The van der Waals surface area contributed by atoms with Crippen LogP contribution in [0.5, 0.6) is 0 Å². The van der Waals surface area contributed by atoms with Crippen molar-refractivity contribution in [1.29, 1.82) is 0 Å². The Kier molecular flexibility index (Phi) is 3.50. The average Bonchev–Trinajstić information content (AvgIpc) is 2.28. The van der Waals surface area contributed by atoms with Crippen LogP contribution in [-0.2, 0) is 11.2 Å². The summed E-state index contributed by atoms with van der Waals surface area (Å²) in [5.74, 6) is -3.76. The van der Waals surface area contributed by atoms with E-state index in [9.17, 15) is 25.0 Å². The molecule has 2 aliphatic carbocycles.